The maximum Gasteiger partial charge on any atom is 0.173 e. The Hall–Kier alpha value is -1.85. The number of anilines is 1. The molecule has 0 aliphatic heterocycles. The lowest BCUT2D eigenvalue weighted by Gasteiger charge is -2.13. The molecule has 6 heteroatoms. The van der Waals surface area contributed by atoms with Crippen molar-refractivity contribution in [3.05, 3.63) is 39.3 Å². The van der Waals surface area contributed by atoms with E-state index in [1.54, 1.807) is 0 Å². The molecule has 0 aliphatic rings. The van der Waals surface area contributed by atoms with Crippen molar-refractivity contribution in [1.82, 2.24) is 0 Å². The first-order valence-corrected chi connectivity index (χ1v) is 5.87. The minimum Gasteiger partial charge on any atom is -0.377 e. The van der Waals surface area contributed by atoms with Crippen LogP contribution in [0.1, 0.15) is 25.3 Å². The van der Waals surface area contributed by atoms with Gasteiger partial charge in [-0.25, -0.2) is 4.57 Å². The first-order valence-electron chi connectivity index (χ1n) is 5.87. The third-order valence-corrected chi connectivity index (χ3v) is 2.44. The molecule has 0 radical (unpaired) electrons. The molecule has 0 N–H and O–H groups in total. The Morgan fingerprint density at radius 3 is 2.33 bits per heavy atom. The van der Waals surface area contributed by atoms with Gasteiger partial charge >= 0.3 is 0 Å². The number of aromatic nitrogens is 1. The molecular weight excluding hydrogens is 234 g/mol. The van der Waals surface area contributed by atoms with Crippen LogP contribution in [0.2, 0.25) is 0 Å². The van der Waals surface area contributed by atoms with Crippen LogP contribution < -0.4 is 9.47 Å². The van der Waals surface area contributed by atoms with E-state index in [9.17, 15) is 0 Å². The highest BCUT2D eigenvalue weighted by atomic mass is 16.9. The number of aryl methyl sites for hydroxylation is 2. The van der Waals surface area contributed by atoms with Crippen LogP contribution >= 0.6 is 0 Å². The topological polar surface area (TPSA) is 73.3 Å². The molecule has 6 nitrogen and oxygen atoms in total. The van der Waals surface area contributed by atoms with Crippen LogP contribution in [-0.4, -0.2) is 19.2 Å². The summed E-state index contributed by atoms with van der Waals surface area (Å²) in [7, 11) is 4.16. The van der Waals surface area contributed by atoms with Crippen molar-refractivity contribution in [2.45, 2.75) is 33.2 Å². The zero-order valence-electron chi connectivity index (χ0n) is 11.4. The lowest BCUT2D eigenvalue weighted by atomic mass is 10.2. The molecule has 18 heavy (non-hydrogen) atoms. The first-order chi connectivity index (χ1) is 8.38. The van der Waals surface area contributed by atoms with Crippen molar-refractivity contribution in [2.75, 3.05) is 19.0 Å². The zero-order chi connectivity index (χ0) is 14.1. The Bertz CT molecular complexity index is 377. The van der Waals surface area contributed by atoms with Gasteiger partial charge in [-0.15, -0.1) is 0 Å². The molecule has 0 aromatic carbocycles. The fourth-order valence-corrected chi connectivity index (χ4v) is 1.64. The highest BCUT2D eigenvalue weighted by Gasteiger charge is 2.06. The van der Waals surface area contributed by atoms with Crippen molar-refractivity contribution < 1.29 is 9.65 Å². The van der Waals surface area contributed by atoms with Gasteiger partial charge in [0.2, 0.25) is 0 Å². The molecule has 0 fully saturated rings. The van der Waals surface area contributed by atoms with E-state index >= 15 is 0 Å². The van der Waals surface area contributed by atoms with E-state index < -0.39 is 5.09 Å². The summed E-state index contributed by atoms with van der Waals surface area (Å²) in [5.74, 6) is 0. The van der Waals surface area contributed by atoms with Crippen molar-refractivity contribution >= 4 is 5.69 Å². The van der Waals surface area contributed by atoms with Gasteiger partial charge < -0.3 is 20.2 Å². The summed E-state index contributed by atoms with van der Waals surface area (Å²) in [5.41, 5.74) is 2.64. The fraction of sp³-hybridized carbons (Fsp3) is 0.583. The van der Waals surface area contributed by atoms with Crippen LogP contribution in [0, 0.1) is 22.2 Å². The number of pyridine rings is 1. The highest BCUT2D eigenvalue weighted by molar-refractivity contribution is 5.48. The minimum absolute atomic E-state index is 1.13. The molecule has 1 aromatic rings. The van der Waals surface area contributed by atoms with Gasteiger partial charge in [0, 0.05) is 32.1 Å². The summed E-state index contributed by atoms with van der Waals surface area (Å²) in [5, 5.41) is 14.8. The van der Waals surface area contributed by atoms with E-state index in [1.165, 1.54) is 24.1 Å². The SMILES string of the molecule is CCCC[n+]1ccc(N(C)C)c(C)c1.O=[N+]([O-])[O-]. The maximum atomic E-state index is 8.25. The quantitative estimate of drug-likeness (QED) is 0.468. The van der Waals surface area contributed by atoms with Crippen LogP contribution in [0.4, 0.5) is 5.69 Å². The van der Waals surface area contributed by atoms with Crippen molar-refractivity contribution in [1.29, 1.82) is 0 Å². The van der Waals surface area contributed by atoms with E-state index in [2.05, 4.69) is 55.9 Å². The lowest BCUT2D eigenvalue weighted by Crippen LogP contribution is -2.33. The molecule has 1 heterocycles. The van der Waals surface area contributed by atoms with Crippen LogP contribution in [-0.2, 0) is 6.54 Å². The molecular formula is C12H21N3O3. The van der Waals surface area contributed by atoms with E-state index in [0.717, 1.165) is 6.54 Å². The standard InChI is InChI=1S/C12H21N2.NO3/c1-5-6-8-14-9-7-12(13(3)4)11(2)10-14;2-1(3)4/h7,9-10H,5-6,8H2,1-4H3;/q+1;-1. The number of nitrogens with zero attached hydrogens (tertiary/aromatic N) is 3. The number of hydrogen-bond donors (Lipinski definition) is 0. The third kappa shape index (κ3) is 6.67. The average molecular weight is 255 g/mol. The molecule has 102 valence electrons. The largest absolute Gasteiger partial charge is 0.377 e. The molecule has 0 bridgehead atoms. The van der Waals surface area contributed by atoms with Crippen LogP contribution in [0.15, 0.2) is 18.5 Å². The van der Waals surface area contributed by atoms with Crippen LogP contribution in [0.25, 0.3) is 0 Å². The predicted octanol–water partition coefficient (Wildman–Crippen LogP) is 1.91. The van der Waals surface area contributed by atoms with Gasteiger partial charge in [-0.1, -0.05) is 13.3 Å². The molecule has 0 aliphatic carbocycles. The Labute approximate surface area is 108 Å². The second kappa shape index (κ2) is 8.27. The number of hydrogen-bond acceptors (Lipinski definition) is 4. The number of unbranched alkanes of at least 4 members (excludes halogenated alkanes) is 1. The molecule has 0 amide bonds. The maximum absolute atomic E-state index is 8.25. The molecule has 0 unspecified atom stereocenters. The van der Waals surface area contributed by atoms with E-state index in [1.807, 2.05) is 0 Å². The molecule has 0 spiro atoms. The fourth-order valence-electron chi connectivity index (χ4n) is 1.64. The predicted molar refractivity (Wildman–Crippen MR) is 71.0 cm³/mol. The van der Waals surface area contributed by atoms with E-state index in [0.29, 0.717) is 0 Å². The minimum atomic E-state index is -1.75. The lowest BCUT2D eigenvalue weighted by molar-refractivity contribution is -0.697. The van der Waals surface area contributed by atoms with Crippen LogP contribution in [0.5, 0.6) is 0 Å². The van der Waals surface area contributed by atoms with Gasteiger partial charge in [0.05, 0.1) is 10.8 Å². The Balaban J connectivity index is 0.000000631. The highest BCUT2D eigenvalue weighted by Crippen LogP contribution is 2.13. The average Bonchev–Trinajstić information content (AvgIpc) is 2.25. The van der Waals surface area contributed by atoms with Gasteiger partial charge in [0.1, 0.15) is 6.54 Å². The molecule has 1 rings (SSSR count). The van der Waals surface area contributed by atoms with Crippen LogP contribution in [0.3, 0.4) is 0 Å². The zero-order valence-corrected chi connectivity index (χ0v) is 11.4. The van der Waals surface area contributed by atoms with E-state index in [4.69, 9.17) is 15.3 Å². The Morgan fingerprint density at radius 1 is 1.39 bits per heavy atom. The van der Waals surface area contributed by atoms with Crippen molar-refractivity contribution in [3.63, 3.8) is 0 Å². The summed E-state index contributed by atoms with van der Waals surface area (Å²) in [6, 6.07) is 2.19. The molecule has 0 saturated carbocycles. The molecule has 0 atom stereocenters. The first kappa shape index (κ1) is 16.1. The second-order valence-corrected chi connectivity index (χ2v) is 4.22. The summed E-state index contributed by atoms with van der Waals surface area (Å²) < 4.78 is 2.27. The van der Waals surface area contributed by atoms with E-state index in [-0.39, 0.29) is 0 Å². The molecule has 0 saturated heterocycles. The van der Waals surface area contributed by atoms with Gasteiger partial charge in [0.15, 0.2) is 12.4 Å². The smallest absolute Gasteiger partial charge is 0.173 e. The van der Waals surface area contributed by atoms with Gasteiger partial charge in [-0.3, -0.25) is 0 Å². The normalized spacial score (nSPS) is 9.33. The number of rotatable bonds is 4. The monoisotopic (exact) mass is 255 g/mol. The Kier molecular flexibility index (Phi) is 7.42. The summed E-state index contributed by atoms with van der Waals surface area (Å²) >= 11 is 0. The third-order valence-electron chi connectivity index (χ3n) is 2.44. The molecule has 1 aromatic heterocycles. The Morgan fingerprint density at radius 2 is 1.94 bits per heavy atom. The summed E-state index contributed by atoms with van der Waals surface area (Å²) in [4.78, 5) is 10.4. The van der Waals surface area contributed by atoms with Crippen molar-refractivity contribution in [3.8, 4) is 0 Å². The second-order valence-electron chi connectivity index (χ2n) is 4.22. The van der Waals surface area contributed by atoms with Gasteiger partial charge in [0.25, 0.3) is 0 Å². The van der Waals surface area contributed by atoms with Crippen molar-refractivity contribution in [2.24, 2.45) is 0 Å². The summed E-state index contributed by atoms with van der Waals surface area (Å²) in [6.45, 7) is 5.52. The van der Waals surface area contributed by atoms with Gasteiger partial charge in [-0.2, -0.15) is 0 Å². The van der Waals surface area contributed by atoms with Gasteiger partial charge in [-0.05, 0) is 6.92 Å². The summed E-state index contributed by atoms with van der Waals surface area (Å²) in [6.07, 6.45) is 6.90.